The lowest BCUT2D eigenvalue weighted by Crippen LogP contribution is -2.28. The van der Waals surface area contributed by atoms with Crippen LogP contribution < -0.4 is 11.3 Å². The average Bonchev–Trinajstić information content (AvgIpc) is 2.61. The van der Waals surface area contributed by atoms with Crippen molar-refractivity contribution in [2.75, 3.05) is 12.8 Å². The number of carbonyl (C=O) groups excluding carboxylic acids is 1. The number of halogens is 1. The minimum absolute atomic E-state index is 0.102. The Kier molecular flexibility index (Phi) is 5.01. The number of fused-ring (bicyclic) bond motifs is 1. The van der Waals surface area contributed by atoms with E-state index in [2.05, 4.69) is 22.6 Å². The third-order valence-electron chi connectivity index (χ3n) is 4.20. The van der Waals surface area contributed by atoms with E-state index in [9.17, 15) is 14.7 Å². The van der Waals surface area contributed by atoms with Gasteiger partial charge in [-0.3, -0.25) is 9.36 Å². The van der Waals surface area contributed by atoms with Crippen LogP contribution in [0.1, 0.15) is 28.9 Å². The highest BCUT2D eigenvalue weighted by Crippen LogP contribution is 2.27. The predicted octanol–water partition coefficient (Wildman–Crippen LogP) is 3.02. The fourth-order valence-corrected chi connectivity index (χ4v) is 3.32. The van der Waals surface area contributed by atoms with Crippen LogP contribution in [0.25, 0.3) is 16.6 Å². The topological polar surface area (TPSA) is 94.6 Å². The molecule has 3 rings (SSSR count). The van der Waals surface area contributed by atoms with Crippen molar-refractivity contribution in [2.45, 2.75) is 13.0 Å². The molecule has 0 fully saturated rings. The number of nitrogen functional groups attached to an aromatic ring is 1. The van der Waals surface area contributed by atoms with E-state index < -0.39 is 17.6 Å². The number of hydrogen-bond donors (Lipinski definition) is 2. The molecule has 0 spiro atoms. The standard InChI is InChI=1S/C19H17IN2O4/c1-10(23)11-3-6-13(7-4-11)22-15-9-12(20)5-8-14(15)17(21)16(18(22)24)19(25)26-2/h3-10,23H,21H2,1-2H3. The van der Waals surface area contributed by atoms with Gasteiger partial charge in [-0.1, -0.05) is 12.1 Å². The maximum absolute atomic E-state index is 13.1. The Balaban J connectivity index is 2.41. The molecule has 7 heteroatoms. The monoisotopic (exact) mass is 464 g/mol. The summed E-state index contributed by atoms with van der Waals surface area (Å²) in [4.78, 5) is 25.2. The predicted molar refractivity (Wildman–Crippen MR) is 109 cm³/mol. The molecule has 3 aromatic rings. The Bertz CT molecular complexity index is 1060. The summed E-state index contributed by atoms with van der Waals surface area (Å²) in [6.07, 6.45) is -0.615. The van der Waals surface area contributed by atoms with Crippen LogP contribution in [0.3, 0.4) is 0 Å². The maximum Gasteiger partial charge on any atom is 0.345 e. The molecule has 0 saturated heterocycles. The van der Waals surface area contributed by atoms with Crippen molar-refractivity contribution in [3.8, 4) is 5.69 Å². The van der Waals surface area contributed by atoms with Gasteiger partial charge >= 0.3 is 5.97 Å². The zero-order valence-corrected chi connectivity index (χ0v) is 16.4. The van der Waals surface area contributed by atoms with Gasteiger partial charge in [0.2, 0.25) is 0 Å². The number of rotatable bonds is 3. The third-order valence-corrected chi connectivity index (χ3v) is 4.87. The zero-order chi connectivity index (χ0) is 19.0. The summed E-state index contributed by atoms with van der Waals surface area (Å²) >= 11 is 2.15. The molecule has 6 nitrogen and oxygen atoms in total. The summed E-state index contributed by atoms with van der Waals surface area (Å²) in [5.74, 6) is -0.776. The Morgan fingerprint density at radius 2 is 1.88 bits per heavy atom. The molecule has 26 heavy (non-hydrogen) atoms. The minimum atomic E-state index is -0.776. The van der Waals surface area contributed by atoms with Crippen LogP contribution in [0.5, 0.6) is 0 Å². The highest BCUT2D eigenvalue weighted by atomic mass is 127. The fraction of sp³-hybridized carbons (Fsp3) is 0.158. The second-order valence-corrected chi connectivity index (χ2v) is 7.10. The number of esters is 1. The van der Waals surface area contributed by atoms with Gasteiger partial charge in [0.1, 0.15) is 5.56 Å². The van der Waals surface area contributed by atoms with Crippen molar-refractivity contribution in [1.29, 1.82) is 0 Å². The molecular formula is C19H17IN2O4. The first-order chi connectivity index (χ1) is 12.3. The Morgan fingerprint density at radius 1 is 1.23 bits per heavy atom. The highest BCUT2D eigenvalue weighted by molar-refractivity contribution is 14.1. The first kappa shape index (κ1) is 18.4. The van der Waals surface area contributed by atoms with Gasteiger partial charge in [-0.15, -0.1) is 0 Å². The van der Waals surface area contributed by atoms with Crippen LogP contribution >= 0.6 is 22.6 Å². The van der Waals surface area contributed by atoms with E-state index in [4.69, 9.17) is 10.5 Å². The molecule has 0 bridgehead atoms. The van der Waals surface area contributed by atoms with E-state index in [0.717, 1.165) is 9.13 Å². The number of aromatic nitrogens is 1. The second kappa shape index (κ2) is 7.08. The Labute approximate surface area is 163 Å². The van der Waals surface area contributed by atoms with Crippen molar-refractivity contribution in [2.24, 2.45) is 0 Å². The van der Waals surface area contributed by atoms with Gasteiger partial charge < -0.3 is 15.6 Å². The number of ether oxygens (including phenoxy) is 1. The van der Waals surface area contributed by atoms with Crippen molar-refractivity contribution in [3.05, 3.63) is 67.5 Å². The molecule has 0 aliphatic rings. The Hall–Kier alpha value is -2.39. The lowest BCUT2D eigenvalue weighted by molar-refractivity contribution is 0.0600. The highest BCUT2D eigenvalue weighted by Gasteiger charge is 2.22. The summed E-state index contributed by atoms with van der Waals surface area (Å²) in [6.45, 7) is 1.66. The molecule has 3 N–H and O–H groups in total. The normalized spacial score (nSPS) is 12.2. The van der Waals surface area contributed by atoms with E-state index in [-0.39, 0.29) is 11.3 Å². The molecule has 134 valence electrons. The van der Waals surface area contributed by atoms with Crippen LogP contribution in [0.15, 0.2) is 47.3 Å². The molecule has 0 saturated carbocycles. The van der Waals surface area contributed by atoms with Crippen molar-refractivity contribution < 1.29 is 14.6 Å². The molecule has 0 aliphatic carbocycles. The summed E-state index contributed by atoms with van der Waals surface area (Å²) in [5, 5.41) is 10.3. The number of methoxy groups -OCH3 is 1. The smallest absolute Gasteiger partial charge is 0.345 e. The number of aliphatic hydroxyl groups is 1. The zero-order valence-electron chi connectivity index (χ0n) is 14.2. The van der Waals surface area contributed by atoms with E-state index in [1.54, 1.807) is 37.3 Å². The van der Waals surface area contributed by atoms with Crippen LogP contribution in [-0.2, 0) is 4.74 Å². The molecule has 0 radical (unpaired) electrons. The van der Waals surface area contributed by atoms with E-state index in [1.165, 1.54) is 11.7 Å². The van der Waals surface area contributed by atoms with Gasteiger partial charge in [0.05, 0.1) is 24.4 Å². The second-order valence-electron chi connectivity index (χ2n) is 5.85. The maximum atomic E-state index is 13.1. The van der Waals surface area contributed by atoms with E-state index >= 15 is 0 Å². The average molecular weight is 464 g/mol. The number of nitrogens with zero attached hydrogens (tertiary/aromatic N) is 1. The molecule has 2 aromatic carbocycles. The number of benzene rings is 2. The molecule has 1 atom stereocenters. The Morgan fingerprint density at radius 3 is 2.46 bits per heavy atom. The van der Waals surface area contributed by atoms with Gasteiger partial charge in [0.15, 0.2) is 0 Å². The molecule has 1 unspecified atom stereocenters. The molecule has 0 aliphatic heterocycles. The van der Waals surface area contributed by atoms with Crippen molar-refractivity contribution >= 4 is 45.2 Å². The summed E-state index contributed by atoms with van der Waals surface area (Å²) in [6, 6.07) is 12.4. The molecule has 0 amide bonds. The number of aliphatic hydroxyl groups excluding tert-OH is 1. The van der Waals surface area contributed by atoms with Gasteiger partial charge in [0, 0.05) is 14.6 Å². The third kappa shape index (κ3) is 3.08. The van der Waals surface area contributed by atoms with Crippen LogP contribution in [0.4, 0.5) is 5.69 Å². The quantitative estimate of drug-likeness (QED) is 0.459. The van der Waals surface area contributed by atoms with Gasteiger partial charge in [-0.2, -0.15) is 0 Å². The first-order valence-electron chi connectivity index (χ1n) is 7.85. The number of anilines is 1. The lowest BCUT2D eigenvalue weighted by Gasteiger charge is -2.16. The van der Waals surface area contributed by atoms with Crippen LogP contribution in [0.2, 0.25) is 0 Å². The van der Waals surface area contributed by atoms with Gasteiger partial charge in [-0.05, 0) is 65.4 Å². The summed E-state index contributed by atoms with van der Waals surface area (Å²) < 4.78 is 7.11. The molecular weight excluding hydrogens is 447 g/mol. The number of pyridine rings is 1. The van der Waals surface area contributed by atoms with Crippen LogP contribution in [-0.4, -0.2) is 22.8 Å². The van der Waals surface area contributed by atoms with Gasteiger partial charge in [-0.25, -0.2) is 4.79 Å². The first-order valence-corrected chi connectivity index (χ1v) is 8.93. The number of carbonyl (C=O) groups is 1. The number of hydrogen-bond acceptors (Lipinski definition) is 5. The SMILES string of the molecule is COC(=O)c1c(N)c2ccc(I)cc2n(-c2ccc(C(C)O)cc2)c1=O. The van der Waals surface area contributed by atoms with Crippen molar-refractivity contribution in [3.63, 3.8) is 0 Å². The van der Waals surface area contributed by atoms with E-state index in [0.29, 0.717) is 16.6 Å². The minimum Gasteiger partial charge on any atom is -0.465 e. The van der Waals surface area contributed by atoms with Gasteiger partial charge in [0.25, 0.3) is 5.56 Å². The largest absolute Gasteiger partial charge is 0.465 e. The molecule has 1 heterocycles. The fourth-order valence-electron chi connectivity index (χ4n) is 2.85. The van der Waals surface area contributed by atoms with E-state index in [1.807, 2.05) is 12.1 Å². The summed E-state index contributed by atoms with van der Waals surface area (Å²) in [7, 11) is 1.21. The van der Waals surface area contributed by atoms with Crippen molar-refractivity contribution in [1.82, 2.24) is 4.57 Å². The number of nitrogens with two attached hydrogens (primary N) is 1. The summed E-state index contributed by atoms with van der Waals surface area (Å²) in [5.41, 5.74) is 7.35. The van der Waals surface area contributed by atoms with Crippen LogP contribution in [0, 0.1) is 3.57 Å². The lowest BCUT2D eigenvalue weighted by atomic mass is 10.1. The molecule has 1 aromatic heterocycles.